The standard InChI is InChI=1S/C20H40N4O3S/c1-8-19(9-2,24-17(25)27-18(3,4)5)14-22-16(21-6)23-15-20(28-7)10-12-26-13-11-20/h8-15H2,1-7H3,(H,24,25)(H2,21,22,23). The van der Waals surface area contributed by atoms with Gasteiger partial charge in [-0.1, -0.05) is 13.8 Å². The fourth-order valence-electron chi connectivity index (χ4n) is 3.16. The first-order valence-corrected chi connectivity index (χ1v) is 11.4. The van der Waals surface area contributed by atoms with Crippen molar-refractivity contribution in [3.8, 4) is 0 Å². The number of rotatable bonds is 8. The molecule has 0 spiro atoms. The van der Waals surface area contributed by atoms with Crippen LogP contribution in [0.4, 0.5) is 4.79 Å². The lowest BCUT2D eigenvalue weighted by Gasteiger charge is -2.37. The zero-order valence-electron chi connectivity index (χ0n) is 18.7. The summed E-state index contributed by atoms with van der Waals surface area (Å²) in [6, 6.07) is 0. The monoisotopic (exact) mass is 416 g/mol. The van der Waals surface area contributed by atoms with E-state index in [2.05, 4.69) is 41.0 Å². The molecule has 3 N–H and O–H groups in total. The summed E-state index contributed by atoms with van der Waals surface area (Å²) in [5, 5.41) is 9.91. The van der Waals surface area contributed by atoms with Gasteiger partial charge in [-0.3, -0.25) is 4.99 Å². The summed E-state index contributed by atoms with van der Waals surface area (Å²) in [4.78, 5) is 16.7. The van der Waals surface area contributed by atoms with Gasteiger partial charge in [0, 0.05) is 38.1 Å². The summed E-state index contributed by atoms with van der Waals surface area (Å²) in [6.07, 6.45) is 5.42. The van der Waals surface area contributed by atoms with Gasteiger partial charge in [0.1, 0.15) is 5.60 Å². The summed E-state index contributed by atoms with van der Waals surface area (Å²) in [5.74, 6) is 0.747. The van der Waals surface area contributed by atoms with E-state index in [0.29, 0.717) is 6.54 Å². The fraction of sp³-hybridized carbons (Fsp3) is 0.900. The number of hydrogen-bond acceptors (Lipinski definition) is 5. The number of nitrogens with zero attached hydrogens (tertiary/aromatic N) is 1. The van der Waals surface area contributed by atoms with Gasteiger partial charge in [-0.05, 0) is 52.7 Å². The lowest BCUT2D eigenvalue weighted by atomic mass is 9.93. The van der Waals surface area contributed by atoms with E-state index in [1.54, 1.807) is 7.05 Å². The Hall–Kier alpha value is -1.15. The number of aliphatic imine (C=N–C) groups is 1. The number of guanidine groups is 1. The molecular formula is C20H40N4O3S. The third-order valence-corrected chi connectivity index (χ3v) is 6.77. The van der Waals surface area contributed by atoms with Crippen LogP contribution in [0.1, 0.15) is 60.3 Å². The molecule has 0 aromatic heterocycles. The number of ether oxygens (including phenoxy) is 2. The molecular weight excluding hydrogens is 376 g/mol. The largest absolute Gasteiger partial charge is 0.444 e. The summed E-state index contributed by atoms with van der Waals surface area (Å²) in [6.45, 7) is 12.8. The van der Waals surface area contributed by atoms with Crippen LogP contribution in [-0.4, -0.2) is 67.5 Å². The first-order chi connectivity index (χ1) is 13.1. The predicted molar refractivity (Wildman–Crippen MR) is 118 cm³/mol. The first-order valence-electron chi connectivity index (χ1n) is 10.2. The van der Waals surface area contributed by atoms with E-state index in [9.17, 15) is 4.79 Å². The van der Waals surface area contributed by atoms with E-state index in [1.807, 2.05) is 32.5 Å². The summed E-state index contributed by atoms with van der Waals surface area (Å²) >= 11 is 1.89. The minimum Gasteiger partial charge on any atom is -0.444 e. The smallest absolute Gasteiger partial charge is 0.408 e. The zero-order chi connectivity index (χ0) is 21.3. The molecule has 0 aliphatic carbocycles. The topological polar surface area (TPSA) is 84.0 Å². The average Bonchev–Trinajstić information content (AvgIpc) is 2.66. The normalized spacial score (nSPS) is 17.8. The number of alkyl carbamates (subject to hydrolysis) is 1. The van der Waals surface area contributed by atoms with Crippen molar-refractivity contribution in [2.45, 2.75) is 76.2 Å². The van der Waals surface area contributed by atoms with E-state index >= 15 is 0 Å². The molecule has 0 saturated carbocycles. The second kappa shape index (κ2) is 11.1. The lowest BCUT2D eigenvalue weighted by Crippen LogP contribution is -2.58. The molecule has 0 aromatic rings. The Bertz CT molecular complexity index is 510. The highest BCUT2D eigenvalue weighted by Crippen LogP contribution is 2.32. The van der Waals surface area contributed by atoms with Crippen molar-refractivity contribution in [3.63, 3.8) is 0 Å². The Balaban J connectivity index is 2.65. The highest BCUT2D eigenvalue weighted by molar-refractivity contribution is 8.00. The van der Waals surface area contributed by atoms with Crippen LogP contribution in [0.25, 0.3) is 0 Å². The van der Waals surface area contributed by atoms with Gasteiger partial charge >= 0.3 is 6.09 Å². The quantitative estimate of drug-likeness (QED) is 0.416. The molecule has 1 heterocycles. The Morgan fingerprint density at radius 3 is 2.25 bits per heavy atom. The van der Waals surface area contributed by atoms with Gasteiger partial charge in [0.2, 0.25) is 0 Å². The van der Waals surface area contributed by atoms with E-state index in [0.717, 1.165) is 51.4 Å². The van der Waals surface area contributed by atoms with Crippen LogP contribution in [0.5, 0.6) is 0 Å². The van der Waals surface area contributed by atoms with Crippen molar-refractivity contribution >= 4 is 23.8 Å². The van der Waals surface area contributed by atoms with Crippen LogP contribution < -0.4 is 16.0 Å². The minimum absolute atomic E-state index is 0.178. The van der Waals surface area contributed by atoms with E-state index < -0.39 is 11.1 Å². The van der Waals surface area contributed by atoms with Crippen molar-refractivity contribution in [2.24, 2.45) is 4.99 Å². The zero-order valence-corrected chi connectivity index (χ0v) is 19.6. The summed E-state index contributed by atoms with van der Waals surface area (Å²) < 4.78 is 11.1. The molecule has 0 atom stereocenters. The van der Waals surface area contributed by atoms with E-state index in [-0.39, 0.29) is 10.8 Å². The second-order valence-corrected chi connectivity index (χ2v) is 9.67. The maximum atomic E-state index is 12.3. The molecule has 28 heavy (non-hydrogen) atoms. The van der Waals surface area contributed by atoms with Gasteiger partial charge in [0.15, 0.2) is 5.96 Å². The van der Waals surface area contributed by atoms with Gasteiger partial charge in [0.05, 0.1) is 5.54 Å². The lowest BCUT2D eigenvalue weighted by molar-refractivity contribution is 0.0448. The Morgan fingerprint density at radius 2 is 1.79 bits per heavy atom. The van der Waals surface area contributed by atoms with Crippen LogP contribution in [0.15, 0.2) is 4.99 Å². The second-order valence-electron chi connectivity index (χ2n) is 8.39. The van der Waals surface area contributed by atoms with E-state index in [1.165, 1.54) is 0 Å². The molecule has 164 valence electrons. The Kier molecular flexibility index (Phi) is 9.90. The number of nitrogens with one attached hydrogen (secondary N) is 3. The first kappa shape index (κ1) is 24.9. The Labute approximate surface area is 175 Å². The van der Waals surface area contributed by atoms with E-state index in [4.69, 9.17) is 9.47 Å². The van der Waals surface area contributed by atoms with Crippen molar-refractivity contribution in [2.75, 3.05) is 39.6 Å². The molecule has 0 unspecified atom stereocenters. The number of carbonyl (C=O) groups is 1. The fourth-order valence-corrected chi connectivity index (χ4v) is 3.95. The van der Waals surface area contributed by atoms with Crippen LogP contribution >= 0.6 is 11.8 Å². The molecule has 0 aromatic carbocycles. The van der Waals surface area contributed by atoms with Gasteiger partial charge in [-0.15, -0.1) is 0 Å². The summed E-state index contributed by atoms with van der Waals surface area (Å²) in [5.41, 5.74) is -0.909. The maximum absolute atomic E-state index is 12.3. The van der Waals surface area contributed by atoms with Crippen molar-refractivity contribution in [1.82, 2.24) is 16.0 Å². The highest BCUT2D eigenvalue weighted by atomic mass is 32.2. The highest BCUT2D eigenvalue weighted by Gasteiger charge is 2.33. The van der Waals surface area contributed by atoms with Crippen molar-refractivity contribution < 1.29 is 14.3 Å². The summed E-state index contributed by atoms with van der Waals surface area (Å²) in [7, 11) is 1.77. The molecule has 1 amide bonds. The third-order valence-electron chi connectivity index (χ3n) is 5.35. The minimum atomic E-state index is -0.516. The van der Waals surface area contributed by atoms with Gasteiger partial charge in [-0.25, -0.2) is 4.79 Å². The SMILES string of the molecule is CCC(CC)(CNC(=NC)NCC1(SC)CCOCC1)NC(=O)OC(C)(C)C. The van der Waals surface area contributed by atoms with Crippen LogP contribution in [-0.2, 0) is 9.47 Å². The molecule has 7 nitrogen and oxygen atoms in total. The Morgan fingerprint density at radius 1 is 1.18 bits per heavy atom. The predicted octanol–water partition coefficient (Wildman–Crippen LogP) is 3.15. The molecule has 0 bridgehead atoms. The molecule has 0 radical (unpaired) electrons. The van der Waals surface area contributed by atoms with Crippen LogP contribution in [0.3, 0.4) is 0 Å². The van der Waals surface area contributed by atoms with Gasteiger partial charge < -0.3 is 25.4 Å². The van der Waals surface area contributed by atoms with Crippen LogP contribution in [0, 0.1) is 0 Å². The molecule has 1 aliphatic rings. The molecule has 8 heteroatoms. The molecule has 1 fully saturated rings. The third kappa shape index (κ3) is 8.07. The molecule has 1 aliphatic heterocycles. The number of thioether (sulfide) groups is 1. The molecule has 1 rings (SSSR count). The number of carbonyl (C=O) groups excluding carboxylic acids is 1. The van der Waals surface area contributed by atoms with Crippen molar-refractivity contribution in [1.29, 1.82) is 0 Å². The van der Waals surface area contributed by atoms with Crippen molar-refractivity contribution in [3.05, 3.63) is 0 Å². The number of amides is 1. The average molecular weight is 417 g/mol. The molecule has 1 saturated heterocycles. The van der Waals surface area contributed by atoms with Crippen LogP contribution in [0.2, 0.25) is 0 Å². The maximum Gasteiger partial charge on any atom is 0.408 e. The number of hydrogen-bond donors (Lipinski definition) is 3. The van der Waals surface area contributed by atoms with Gasteiger partial charge in [-0.2, -0.15) is 11.8 Å². The van der Waals surface area contributed by atoms with Gasteiger partial charge in [0.25, 0.3) is 0 Å².